The van der Waals surface area contributed by atoms with E-state index in [2.05, 4.69) is 27.6 Å². The molecule has 36 heavy (non-hydrogen) atoms. The number of amides is 2. The van der Waals surface area contributed by atoms with Crippen LogP contribution in [0.4, 0.5) is 16.3 Å². The van der Waals surface area contributed by atoms with Gasteiger partial charge in [-0.2, -0.15) is 0 Å². The Morgan fingerprint density at radius 1 is 1.03 bits per heavy atom. The number of hydrogen-bond donors (Lipinski definition) is 3. The standard InChI is InChI=1S/C28H32N4O4/c1-32-15-13-23(14-16-32)36-28(35)30-25-17-20(7-10-24(25)22-5-3-2-4-6-22)9-12-27(34)31-26-11-8-21(19-33)18-29-26/h2-8,10-11,17-18,23,33H,9,12-16,19H2,1H3,(H,30,35)(H,29,31,34). The number of carbonyl (C=O) groups excluding carboxylic acids is 2. The number of rotatable bonds is 8. The molecular formula is C28H32N4O4. The summed E-state index contributed by atoms with van der Waals surface area (Å²) >= 11 is 0. The lowest BCUT2D eigenvalue weighted by atomic mass is 9.99. The van der Waals surface area contributed by atoms with Crippen LogP contribution in [-0.4, -0.2) is 53.2 Å². The van der Waals surface area contributed by atoms with Gasteiger partial charge in [0.1, 0.15) is 11.9 Å². The zero-order chi connectivity index (χ0) is 25.3. The molecular weight excluding hydrogens is 456 g/mol. The second-order valence-corrected chi connectivity index (χ2v) is 9.04. The molecule has 1 aromatic heterocycles. The minimum absolute atomic E-state index is 0.0895. The molecule has 3 N–H and O–H groups in total. The maximum atomic E-state index is 12.7. The second kappa shape index (κ2) is 12.3. The fraction of sp³-hybridized carbons (Fsp3) is 0.321. The maximum absolute atomic E-state index is 12.7. The normalized spacial score (nSPS) is 14.3. The van der Waals surface area contributed by atoms with Crippen molar-refractivity contribution in [3.63, 3.8) is 0 Å². The zero-order valence-corrected chi connectivity index (χ0v) is 20.4. The van der Waals surface area contributed by atoms with E-state index < -0.39 is 6.09 Å². The van der Waals surface area contributed by atoms with Gasteiger partial charge in [0.2, 0.25) is 5.91 Å². The minimum Gasteiger partial charge on any atom is -0.446 e. The van der Waals surface area contributed by atoms with Crippen molar-refractivity contribution in [1.82, 2.24) is 9.88 Å². The number of ether oxygens (including phenoxy) is 1. The van der Waals surface area contributed by atoms with Crippen LogP contribution < -0.4 is 10.6 Å². The van der Waals surface area contributed by atoms with Crippen LogP contribution >= 0.6 is 0 Å². The molecule has 2 aromatic carbocycles. The molecule has 0 bridgehead atoms. The number of likely N-dealkylation sites (tertiary alicyclic amines) is 1. The number of carbonyl (C=O) groups is 2. The third-order valence-corrected chi connectivity index (χ3v) is 6.26. The molecule has 0 radical (unpaired) electrons. The summed E-state index contributed by atoms with van der Waals surface area (Å²) in [4.78, 5) is 31.5. The van der Waals surface area contributed by atoms with Crippen molar-refractivity contribution in [3.8, 4) is 11.1 Å². The molecule has 4 rings (SSSR count). The van der Waals surface area contributed by atoms with Crippen molar-refractivity contribution in [2.24, 2.45) is 0 Å². The molecule has 1 saturated heterocycles. The van der Waals surface area contributed by atoms with Gasteiger partial charge in [0.05, 0.1) is 12.3 Å². The smallest absolute Gasteiger partial charge is 0.411 e. The van der Waals surface area contributed by atoms with Crippen LogP contribution in [0.1, 0.15) is 30.4 Å². The molecule has 3 aromatic rings. The summed E-state index contributed by atoms with van der Waals surface area (Å²) in [6, 6.07) is 19.1. The maximum Gasteiger partial charge on any atom is 0.411 e. The second-order valence-electron chi connectivity index (χ2n) is 9.04. The Morgan fingerprint density at radius 2 is 1.78 bits per heavy atom. The zero-order valence-electron chi connectivity index (χ0n) is 20.4. The lowest BCUT2D eigenvalue weighted by Gasteiger charge is -2.28. The molecule has 1 fully saturated rings. The van der Waals surface area contributed by atoms with E-state index in [-0.39, 0.29) is 25.0 Å². The van der Waals surface area contributed by atoms with E-state index >= 15 is 0 Å². The quantitative estimate of drug-likeness (QED) is 0.433. The fourth-order valence-corrected chi connectivity index (χ4v) is 4.17. The van der Waals surface area contributed by atoms with E-state index in [1.807, 2.05) is 48.5 Å². The Kier molecular flexibility index (Phi) is 8.65. The summed E-state index contributed by atoms with van der Waals surface area (Å²) in [6.07, 6.45) is 3.37. The average Bonchev–Trinajstić information content (AvgIpc) is 2.90. The lowest BCUT2D eigenvalue weighted by molar-refractivity contribution is -0.116. The van der Waals surface area contributed by atoms with Crippen molar-refractivity contribution in [3.05, 3.63) is 78.0 Å². The van der Waals surface area contributed by atoms with Crippen LogP contribution in [0.5, 0.6) is 0 Å². The molecule has 0 unspecified atom stereocenters. The van der Waals surface area contributed by atoms with Gasteiger partial charge in [0.25, 0.3) is 0 Å². The molecule has 0 saturated carbocycles. The predicted molar refractivity (Wildman–Crippen MR) is 140 cm³/mol. The number of benzene rings is 2. The Balaban J connectivity index is 1.42. The van der Waals surface area contributed by atoms with Crippen molar-refractivity contribution in [2.75, 3.05) is 30.8 Å². The number of aliphatic hydroxyl groups is 1. The first kappa shape index (κ1) is 25.3. The Bertz CT molecular complexity index is 1160. The first-order valence-electron chi connectivity index (χ1n) is 12.2. The van der Waals surface area contributed by atoms with Gasteiger partial charge in [-0.05, 0) is 55.1 Å². The molecule has 188 valence electrons. The number of aryl methyl sites for hydroxylation is 1. The topological polar surface area (TPSA) is 104 Å². The highest BCUT2D eigenvalue weighted by molar-refractivity contribution is 5.92. The van der Waals surface area contributed by atoms with E-state index in [0.717, 1.165) is 42.6 Å². The third kappa shape index (κ3) is 7.13. The van der Waals surface area contributed by atoms with Gasteiger partial charge in [-0.15, -0.1) is 0 Å². The lowest BCUT2D eigenvalue weighted by Crippen LogP contribution is -2.36. The van der Waals surface area contributed by atoms with Crippen LogP contribution in [0, 0.1) is 0 Å². The summed E-state index contributed by atoms with van der Waals surface area (Å²) in [7, 11) is 2.07. The number of anilines is 2. The number of aliphatic hydroxyl groups excluding tert-OH is 1. The molecule has 8 nitrogen and oxygen atoms in total. The van der Waals surface area contributed by atoms with E-state index in [0.29, 0.717) is 23.5 Å². The number of piperidine rings is 1. The van der Waals surface area contributed by atoms with Crippen LogP contribution in [0.2, 0.25) is 0 Å². The molecule has 1 aliphatic heterocycles. The summed E-state index contributed by atoms with van der Waals surface area (Å²) in [5.41, 5.74) is 4.12. The molecule has 2 amide bonds. The van der Waals surface area contributed by atoms with Gasteiger partial charge in [0, 0.05) is 31.3 Å². The van der Waals surface area contributed by atoms with Crippen LogP contribution in [-0.2, 0) is 22.6 Å². The number of nitrogens with one attached hydrogen (secondary N) is 2. The van der Waals surface area contributed by atoms with Gasteiger partial charge < -0.3 is 20.1 Å². The summed E-state index contributed by atoms with van der Waals surface area (Å²) in [5, 5.41) is 14.8. The van der Waals surface area contributed by atoms with E-state index in [1.54, 1.807) is 12.1 Å². The van der Waals surface area contributed by atoms with Crippen LogP contribution in [0.3, 0.4) is 0 Å². The first-order valence-corrected chi connectivity index (χ1v) is 12.2. The summed E-state index contributed by atoms with van der Waals surface area (Å²) in [6.45, 7) is 1.72. The Morgan fingerprint density at radius 3 is 2.47 bits per heavy atom. The monoisotopic (exact) mass is 488 g/mol. The Hall–Kier alpha value is -3.75. The van der Waals surface area contributed by atoms with Crippen LogP contribution in [0.15, 0.2) is 66.9 Å². The highest BCUT2D eigenvalue weighted by atomic mass is 16.6. The molecule has 8 heteroatoms. The van der Waals surface area contributed by atoms with Crippen molar-refractivity contribution in [2.45, 2.75) is 38.4 Å². The van der Waals surface area contributed by atoms with Crippen molar-refractivity contribution >= 4 is 23.5 Å². The highest BCUT2D eigenvalue weighted by Crippen LogP contribution is 2.30. The van der Waals surface area contributed by atoms with Gasteiger partial charge in [-0.25, -0.2) is 9.78 Å². The molecule has 0 aliphatic carbocycles. The van der Waals surface area contributed by atoms with E-state index in [4.69, 9.17) is 9.84 Å². The molecule has 2 heterocycles. The molecule has 0 atom stereocenters. The average molecular weight is 489 g/mol. The third-order valence-electron chi connectivity index (χ3n) is 6.26. The molecule has 0 spiro atoms. The summed E-state index contributed by atoms with van der Waals surface area (Å²) < 4.78 is 5.69. The van der Waals surface area contributed by atoms with Gasteiger partial charge >= 0.3 is 6.09 Å². The minimum atomic E-state index is -0.464. The van der Waals surface area contributed by atoms with Gasteiger partial charge in [0.15, 0.2) is 0 Å². The highest BCUT2D eigenvalue weighted by Gasteiger charge is 2.21. The van der Waals surface area contributed by atoms with Crippen LogP contribution in [0.25, 0.3) is 11.1 Å². The number of aromatic nitrogens is 1. The fourth-order valence-electron chi connectivity index (χ4n) is 4.17. The van der Waals surface area contributed by atoms with Crippen molar-refractivity contribution < 1.29 is 19.4 Å². The predicted octanol–water partition coefficient (Wildman–Crippen LogP) is 4.45. The van der Waals surface area contributed by atoms with Gasteiger partial charge in [-0.3, -0.25) is 10.1 Å². The largest absolute Gasteiger partial charge is 0.446 e. The molecule has 1 aliphatic rings. The summed E-state index contributed by atoms with van der Waals surface area (Å²) in [5.74, 6) is 0.276. The number of hydrogen-bond acceptors (Lipinski definition) is 6. The SMILES string of the molecule is CN1CCC(OC(=O)Nc2cc(CCC(=O)Nc3ccc(CO)cn3)ccc2-c2ccccc2)CC1. The first-order chi connectivity index (χ1) is 17.5. The number of pyridine rings is 1. The Labute approximate surface area is 211 Å². The van der Waals surface area contributed by atoms with E-state index in [9.17, 15) is 9.59 Å². The van der Waals surface area contributed by atoms with Crippen molar-refractivity contribution in [1.29, 1.82) is 0 Å². The van der Waals surface area contributed by atoms with E-state index in [1.165, 1.54) is 6.20 Å². The number of nitrogens with zero attached hydrogens (tertiary/aromatic N) is 2. The van der Waals surface area contributed by atoms with Gasteiger partial charge in [-0.1, -0.05) is 48.5 Å².